The Morgan fingerprint density at radius 2 is 0.750 bits per heavy atom. The zero-order valence-corrected chi connectivity index (χ0v) is 26.8. The first-order chi connectivity index (χ1) is 23.7. The summed E-state index contributed by atoms with van der Waals surface area (Å²) in [6.07, 6.45) is 0. The maximum atomic E-state index is 6.55. The third-order valence-electron chi connectivity index (χ3n) is 9.68. The van der Waals surface area contributed by atoms with Crippen molar-refractivity contribution >= 4 is 64.2 Å². The minimum absolute atomic E-state index is 0.933. The number of benzene rings is 8. The highest BCUT2D eigenvalue weighted by atomic mass is 32.1. The first-order valence-corrected chi connectivity index (χ1v) is 17.1. The van der Waals surface area contributed by atoms with Crippen LogP contribution in [0.25, 0.3) is 97.4 Å². The summed E-state index contributed by atoms with van der Waals surface area (Å²) in [5, 5.41) is 7.40. The van der Waals surface area contributed by atoms with Crippen molar-refractivity contribution in [3.8, 4) is 44.5 Å². The lowest BCUT2D eigenvalue weighted by Crippen LogP contribution is -1.81. The molecule has 8 aromatic carbocycles. The Balaban J connectivity index is 0.938. The molecule has 0 amide bonds. The van der Waals surface area contributed by atoms with Gasteiger partial charge in [-0.05, 0) is 102 Å². The molecule has 0 atom stereocenters. The minimum atomic E-state index is 0.933. The Morgan fingerprint density at radius 3 is 1.29 bits per heavy atom. The Labute approximate surface area is 282 Å². The lowest BCUT2D eigenvalue weighted by molar-refractivity contribution is 0.673. The molecule has 2 heteroatoms. The number of thiophene rings is 1. The third-order valence-corrected chi connectivity index (χ3v) is 10.9. The van der Waals surface area contributed by atoms with Gasteiger partial charge in [0.05, 0.1) is 4.70 Å². The topological polar surface area (TPSA) is 13.1 Å². The molecule has 10 rings (SSSR count). The van der Waals surface area contributed by atoms with Gasteiger partial charge in [-0.3, -0.25) is 0 Å². The van der Waals surface area contributed by atoms with Crippen LogP contribution in [0.4, 0.5) is 0 Å². The summed E-state index contributed by atoms with van der Waals surface area (Å²) < 4.78 is 9.01. The summed E-state index contributed by atoms with van der Waals surface area (Å²) in [4.78, 5) is 0. The molecule has 0 unspecified atom stereocenters. The fourth-order valence-corrected chi connectivity index (χ4v) is 8.26. The molecule has 0 aliphatic carbocycles. The number of hydrogen-bond donors (Lipinski definition) is 0. The van der Waals surface area contributed by atoms with Gasteiger partial charge in [0, 0.05) is 15.5 Å². The minimum Gasteiger partial charge on any atom is -0.454 e. The van der Waals surface area contributed by atoms with E-state index in [0.717, 1.165) is 16.7 Å². The van der Waals surface area contributed by atoms with Crippen LogP contribution in [-0.2, 0) is 0 Å². The van der Waals surface area contributed by atoms with Crippen LogP contribution in [0.15, 0.2) is 174 Å². The van der Waals surface area contributed by atoms with Gasteiger partial charge in [0.2, 0.25) is 0 Å². The molecule has 2 aromatic heterocycles. The lowest BCUT2D eigenvalue weighted by Gasteiger charge is -2.07. The second kappa shape index (κ2) is 10.8. The molecule has 0 saturated heterocycles. The molecule has 2 heterocycles. The van der Waals surface area contributed by atoms with Crippen LogP contribution in [0.3, 0.4) is 0 Å². The first-order valence-electron chi connectivity index (χ1n) is 16.3. The average molecular weight is 629 g/mol. The van der Waals surface area contributed by atoms with Gasteiger partial charge in [0.1, 0.15) is 5.58 Å². The molecular formula is C46H28OS. The molecule has 0 aliphatic rings. The normalized spacial score (nSPS) is 11.8. The van der Waals surface area contributed by atoms with E-state index in [0.29, 0.717) is 0 Å². The molecule has 0 spiro atoms. The van der Waals surface area contributed by atoms with E-state index in [4.69, 9.17) is 4.42 Å². The molecular weight excluding hydrogens is 601 g/mol. The highest BCUT2D eigenvalue weighted by Gasteiger charge is 2.16. The predicted molar refractivity (Wildman–Crippen MR) is 206 cm³/mol. The van der Waals surface area contributed by atoms with Crippen LogP contribution in [-0.4, -0.2) is 0 Å². The van der Waals surface area contributed by atoms with Gasteiger partial charge in [0.25, 0.3) is 0 Å². The van der Waals surface area contributed by atoms with Crippen LogP contribution in [0, 0.1) is 0 Å². The van der Waals surface area contributed by atoms with Crippen molar-refractivity contribution in [2.75, 3.05) is 0 Å². The van der Waals surface area contributed by atoms with Gasteiger partial charge in [-0.15, -0.1) is 11.3 Å². The van der Waals surface area contributed by atoms with Crippen LogP contribution in [0.1, 0.15) is 0 Å². The van der Waals surface area contributed by atoms with Crippen LogP contribution >= 0.6 is 11.3 Å². The zero-order chi connectivity index (χ0) is 31.6. The second-order valence-corrected chi connectivity index (χ2v) is 13.6. The molecule has 0 bridgehead atoms. The second-order valence-electron chi connectivity index (χ2n) is 12.6. The standard InChI is InChI=1S/C46H28OS/c1-3-7-35-25-37(19-17-29(35)5-1)31-9-13-33(14-10-31)39-21-23-41-43(27-39)47-45-42-24-22-40(28-44(42)48-46(41)45)34-15-11-32(12-16-34)38-20-18-30-6-2-4-8-36(30)26-38/h1-28H. The fourth-order valence-electron chi connectivity index (χ4n) is 7.06. The van der Waals surface area contributed by atoms with Crippen molar-refractivity contribution in [1.29, 1.82) is 0 Å². The number of furan rings is 1. The summed E-state index contributed by atoms with van der Waals surface area (Å²) >= 11 is 1.82. The molecule has 10 aromatic rings. The van der Waals surface area contributed by atoms with Crippen LogP contribution in [0.2, 0.25) is 0 Å². The van der Waals surface area contributed by atoms with E-state index in [-0.39, 0.29) is 0 Å². The first kappa shape index (κ1) is 27.2. The molecule has 224 valence electrons. The molecule has 0 radical (unpaired) electrons. The Kier molecular flexibility index (Phi) is 6.12. The third kappa shape index (κ3) is 4.53. The molecule has 0 saturated carbocycles. The largest absolute Gasteiger partial charge is 0.454 e. The number of rotatable bonds is 4. The summed E-state index contributed by atoms with van der Waals surface area (Å²) in [7, 11) is 0. The van der Waals surface area contributed by atoms with Crippen molar-refractivity contribution in [2.45, 2.75) is 0 Å². The van der Waals surface area contributed by atoms with Gasteiger partial charge >= 0.3 is 0 Å². The van der Waals surface area contributed by atoms with E-state index in [2.05, 4.69) is 170 Å². The smallest absolute Gasteiger partial charge is 0.154 e. The Morgan fingerprint density at radius 1 is 0.333 bits per heavy atom. The molecule has 0 N–H and O–H groups in total. The predicted octanol–water partition coefficient (Wildman–Crippen LogP) is 13.8. The highest BCUT2D eigenvalue weighted by molar-refractivity contribution is 7.26. The van der Waals surface area contributed by atoms with E-state index < -0.39 is 0 Å². The van der Waals surface area contributed by atoms with Crippen molar-refractivity contribution in [3.05, 3.63) is 170 Å². The maximum absolute atomic E-state index is 6.55. The van der Waals surface area contributed by atoms with Crippen molar-refractivity contribution in [1.82, 2.24) is 0 Å². The quantitative estimate of drug-likeness (QED) is 0.189. The van der Waals surface area contributed by atoms with E-state index in [1.165, 1.54) is 80.7 Å². The highest BCUT2D eigenvalue weighted by Crippen LogP contribution is 2.43. The van der Waals surface area contributed by atoms with Gasteiger partial charge < -0.3 is 4.42 Å². The van der Waals surface area contributed by atoms with E-state index in [9.17, 15) is 0 Å². The Hall–Kier alpha value is -5.96. The van der Waals surface area contributed by atoms with E-state index in [1.54, 1.807) is 0 Å². The SMILES string of the molecule is c1ccc2cc(-c3ccc(-c4ccc5c(c4)oc4c6ccc(-c7ccc(-c8ccc9ccccc9c8)cc7)cc6sc54)cc3)ccc2c1. The molecule has 0 fully saturated rings. The summed E-state index contributed by atoms with van der Waals surface area (Å²) in [6, 6.07) is 61.5. The summed E-state index contributed by atoms with van der Waals surface area (Å²) in [5.74, 6) is 0. The summed E-state index contributed by atoms with van der Waals surface area (Å²) in [5.41, 5.74) is 11.6. The van der Waals surface area contributed by atoms with Crippen LogP contribution in [0.5, 0.6) is 0 Å². The summed E-state index contributed by atoms with van der Waals surface area (Å²) in [6.45, 7) is 0. The van der Waals surface area contributed by atoms with Crippen LogP contribution < -0.4 is 0 Å². The zero-order valence-electron chi connectivity index (χ0n) is 26.0. The maximum Gasteiger partial charge on any atom is 0.154 e. The van der Waals surface area contributed by atoms with Gasteiger partial charge in [0.15, 0.2) is 5.58 Å². The van der Waals surface area contributed by atoms with Gasteiger partial charge in [-0.1, -0.05) is 133 Å². The number of fused-ring (bicyclic) bond motifs is 7. The van der Waals surface area contributed by atoms with E-state index in [1.807, 2.05) is 11.3 Å². The Bertz CT molecular complexity index is 2620. The van der Waals surface area contributed by atoms with Crippen molar-refractivity contribution < 1.29 is 4.42 Å². The van der Waals surface area contributed by atoms with Crippen molar-refractivity contribution in [3.63, 3.8) is 0 Å². The number of hydrogen-bond acceptors (Lipinski definition) is 2. The van der Waals surface area contributed by atoms with Gasteiger partial charge in [-0.2, -0.15) is 0 Å². The fraction of sp³-hybridized carbons (Fsp3) is 0. The van der Waals surface area contributed by atoms with E-state index >= 15 is 0 Å². The molecule has 48 heavy (non-hydrogen) atoms. The van der Waals surface area contributed by atoms with Gasteiger partial charge in [-0.25, -0.2) is 0 Å². The monoisotopic (exact) mass is 628 g/mol. The average Bonchev–Trinajstić information content (AvgIpc) is 3.70. The lowest BCUT2D eigenvalue weighted by atomic mass is 9.98. The van der Waals surface area contributed by atoms with Crippen molar-refractivity contribution in [2.24, 2.45) is 0 Å². The molecule has 0 aliphatic heterocycles. The molecule has 1 nitrogen and oxygen atoms in total.